The predicted octanol–water partition coefficient (Wildman–Crippen LogP) is 1.26. The molecule has 0 saturated carbocycles. The topological polar surface area (TPSA) is 45.4 Å². The van der Waals surface area contributed by atoms with Crippen molar-refractivity contribution in [2.24, 2.45) is 0 Å². The standard InChI is InChI=1S/C10H15NO2/c1-9(12)8-11-6-2-4-10-5-3-7-13-10/h2-5,7,9,11-12H,6,8H2,1H3/b4-2+/t9-/m1/s1. The summed E-state index contributed by atoms with van der Waals surface area (Å²) in [6, 6.07) is 3.74. The molecule has 3 heteroatoms. The lowest BCUT2D eigenvalue weighted by Gasteiger charge is -2.02. The summed E-state index contributed by atoms with van der Waals surface area (Å²) >= 11 is 0. The first-order chi connectivity index (χ1) is 6.29. The van der Waals surface area contributed by atoms with E-state index in [0.29, 0.717) is 6.54 Å². The minimum atomic E-state index is -0.294. The second-order valence-corrected chi connectivity index (χ2v) is 2.93. The third-order valence-corrected chi connectivity index (χ3v) is 1.53. The molecule has 0 radical (unpaired) electrons. The molecule has 13 heavy (non-hydrogen) atoms. The van der Waals surface area contributed by atoms with E-state index in [1.807, 2.05) is 24.3 Å². The van der Waals surface area contributed by atoms with Gasteiger partial charge < -0.3 is 14.8 Å². The van der Waals surface area contributed by atoms with Crippen LogP contribution >= 0.6 is 0 Å². The maximum absolute atomic E-state index is 8.93. The van der Waals surface area contributed by atoms with Gasteiger partial charge in [0.25, 0.3) is 0 Å². The molecule has 1 aromatic heterocycles. The lowest BCUT2D eigenvalue weighted by molar-refractivity contribution is 0.193. The molecule has 1 rings (SSSR count). The third-order valence-electron chi connectivity index (χ3n) is 1.53. The molecule has 1 atom stereocenters. The van der Waals surface area contributed by atoms with Gasteiger partial charge in [-0.1, -0.05) is 6.08 Å². The number of aliphatic hydroxyl groups excluding tert-OH is 1. The number of hydrogen-bond donors (Lipinski definition) is 2. The lowest BCUT2D eigenvalue weighted by atomic mass is 10.3. The molecule has 1 aromatic rings. The van der Waals surface area contributed by atoms with E-state index in [0.717, 1.165) is 12.3 Å². The number of rotatable bonds is 5. The van der Waals surface area contributed by atoms with Gasteiger partial charge in [0.05, 0.1) is 12.4 Å². The molecule has 72 valence electrons. The van der Waals surface area contributed by atoms with E-state index in [1.165, 1.54) is 0 Å². The van der Waals surface area contributed by atoms with Crippen molar-refractivity contribution in [2.75, 3.05) is 13.1 Å². The zero-order chi connectivity index (χ0) is 9.52. The minimum Gasteiger partial charge on any atom is -0.465 e. The van der Waals surface area contributed by atoms with Crippen LogP contribution in [0.2, 0.25) is 0 Å². The summed E-state index contributed by atoms with van der Waals surface area (Å²) in [6.45, 7) is 3.11. The van der Waals surface area contributed by atoms with Crippen molar-refractivity contribution in [1.82, 2.24) is 5.32 Å². The molecular formula is C10H15NO2. The highest BCUT2D eigenvalue weighted by Crippen LogP contribution is 2.01. The van der Waals surface area contributed by atoms with Gasteiger partial charge >= 0.3 is 0 Å². The second-order valence-electron chi connectivity index (χ2n) is 2.93. The Kier molecular flexibility index (Phi) is 4.29. The highest BCUT2D eigenvalue weighted by molar-refractivity contribution is 5.42. The molecule has 0 aromatic carbocycles. The number of nitrogens with one attached hydrogen (secondary N) is 1. The quantitative estimate of drug-likeness (QED) is 0.672. The summed E-state index contributed by atoms with van der Waals surface area (Å²) < 4.78 is 5.10. The van der Waals surface area contributed by atoms with Crippen LogP contribution in [0.1, 0.15) is 12.7 Å². The van der Waals surface area contributed by atoms with E-state index in [4.69, 9.17) is 9.52 Å². The Hall–Kier alpha value is -1.06. The third kappa shape index (κ3) is 4.50. The highest BCUT2D eigenvalue weighted by atomic mass is 16.3. The highest BCUT2D eigenvalue weighted by Gasteiger charge is 1.91. The first kappa shape index (κ1) is 10.0. The molecule has 0 unspecified atom stereocenters. The summed E-state index contributed by atoms with van der Waals surface area (Å²) in [6.07, 6.45) is 5.20. The van der Waals surface area contributed by atoms with Gasteiger partial charge in [-0.3, -0.25) is 0 Å². The summed E-state index contributed by atoms with van der Waals surface area (Å²) in [5.74, 6) is 0.846. The Balaban J connectivity index is 2.12. The molecule has 2 N–H and O–H groups in total. The fourth-order valence-electron chi connectivity index (χ4n) is 0.937. The van der Waals surface area contributed by atoms with E-state index in [-0.39, 0.29) is 6.10 Å². The number of furan rings is 1. The monoisotopic (exact) mass is 181 g/mol. The van der Waals surface area contributed by atoms with E-state index in [2.05, 4.69) is 5.32 Å². The second kappa shape index (κ2) is 5.56. The van der Waals surface area contributed by atoms with Crippen molar-refractivity contribution in [2.45, 2.75) is 13.0 Å². The van der Waals surface area contributed by atoms with Crippen LogP contribution in [0.15, 0.2) is 28.9 Å². The van der Waals surface area contributed by atoms with Crippen molar-refractivity contribution in [1.29, 1.82) is 0 Å². The molecule has 0 fully saturated rings. The van der Waals surface area contributed by atoms with Gasteiger partial charge in [0.1, 0.15) is 5.76 Å². The van der Waals surface area contributed by atoms with Crippen LogP contribution in [0.4, 0.5) is 0 Å². The fourth-order valence-corrected chi connectivity index (χ4v) is 0.937. The van der Waals surface area contributed by atoms with Crippen LogP contribution in [0, 0.1) is 0 Å². The SMILES string of the molecule is C[C@@H](O)CNC/C=C/c1ccco1. The van der Waals surface area contributed by atoms with Crippen LogP contribution in [0.25, 0.3) is 6.08 Å². The van der Waals surface area contributed by atoms with Crippen LogP contribution in [0.3, 0.4) is 0 Å². The van der Waals surface area contributed by atoms with Gasteiger partial charge in [-0.05, 0) is 25.1 Å². The summed E-state index contributed by atoms with van der Waals surface area (Å²) in [7, 11) is 0. The van der Waals surface area contributed by atoms with Crippen LogP contribution in [-0.2, 0) is 0 Å². The molecule has 1 heterocycles. The zero-order valence-electron chi connectivity index (χ0n) is 7.73. The van der Waals surface area contributed by atoms with Gasteiger partial charge in [0.15, 0.2) is 0 Å². The van der Waals surface area contributed by atoms with E-state index < -0.39 is 0 Å². The Morgan fingerprint density at radius 1 is 1.69 bits per heavy atom. The smallest absolute Gasteiger partial charge is 0.126 e. The first-order valence-corrected chi connectivity index (χ1v) is 4.38. The molecule has 0 aliphatic heterocycles. The van der Waals surface area contributed by atoms with Gasteiger partial charge in [-0.2, -0.15) is 0 Å². The summed E-state index contributed by atoms with van der Waals surface area (Å²) in [5, 5.41) is 12.0. The Bertz CT molecular complexity index is 239. The lowest BCUT2D eigenvalue weighted by Crippen LogP contribution is -2.24. The Labute approximate surface area is 78.1 Å². The zero-order valence-corrected chi connectivity index (χ0v) is 7.73. The maximum Gasteiger partial charge on any atom is 0.126 e. The molecule has 0 aliphatic carbocycles. The number of aliphatic hydroxyl groups is 1. The van der Waals surface area contributed by atoms with Gasteiger partial charge in [0, 0.05) is 13.1 Å². The largest absolute Gasteiger partial charge is 0.465 e. The van der Waals surface area contributed by atoms with Crippen molar-refractivity contribution in [3.8, 4) is 0 Å². The van der Waals surface area contributed by atoms with Gasteiger partial charge in [-0.15, -0.1) is 0 Å². The predicted molar refractivity (Wildman–Crippen MR) is 52.3 cm³/mol. The molecule has 3 nitrogen and oxygen atoms in total. The molecule has 0 aliphatic rings. The van der Waals surface area contributed by atoms with Crippen molar-refractivity contribution in [3.63, 3.8) is 0 Å². The fraction of sp³-hybridized carbons (Fsp3) is 0.400. The van der Waals surface area contributed by atoms with Crippen molar-refractivity contribution in [3.05, 3.63) is 30.2 Å². The van der Waals surface area contributed by atoms with E-state index in [9.17, 15) is 0 Å². The van der Waals surface area contributed by atoms with Crippen LogP contribution in [0.5, 0.6) is 0 Å². The molecular weight excluding hydrogens is 166 g/mol. The van der Waals surface area contributed by atoms with Crippen LogP contribution in [-0.4, -0.2) is 24.3 Å². The average molecular weight is 181 g/mol. The minimum absolute atomic E-state index is 0.294. The van der Waals surface area contributed by atoms with Gasteiger partial charge in [0.2, 0.25) is 0 Å². The van der Waals surface area contributed by atoms with Crippen LogP contribution < -0.4 is 5.32 Å². The molecule has 0 spiro atoms. The molecule has 0 amide bonds. The first-order valence-electron chi connectivity index (χ1n) is 4.38. The number of hydrogen-bond acceptors (Lipinski definition) is 3. The van der Waals surface area contributed by atoms with E-state index in [1.54, 1.807) is 13.2 Å². The normalized spacial score (nSPS) is 13.7. The Morgan fingerprint density at radius 3 is 3.15 bits per heavy atom. The summed E-state index contributed by atoms with van der Waals surface area (Å²) in [5.41, 5.74) is 0. The van der Waals surface area contributed by atoms with E-state index >= 15 is 0 Å². The Morgan fingerprint density at radius 2 is 2.54 bits per heavy atom. The van der Waals surface area contributed by atoms with Gasteiger partial charge in [-0.25, -0.2) is 0 Å². The average Bonchev–Trinajstić information content (AvgIpc) is 2.55. The molecule has 0 saturated heterocycles. The molecule has 0 bridgehead atoms. The van der Waals surface area contributed by atoms with Crippen molar-refractivity contribution >= 4 is 6.08 Å². The van der Waals surface area contributed by atoms with Crippen molar-refractivity contribution < 1.29 is 9.52 Å². The summed E-state index contributed by atoms with van der Waals surface area (Å²) in [4.78, 5) is 0. The maximum atomic E-state index is 8.93.